The lowest BCUT2D eigenvalue weighted by Gasteiger charge is -1.91. The lowest BCUT2D eigenvalue weighted by atomic mass is 12.0. The maximum atomic E-state index is 7.33. The first kappa shape index (κ1) is 15.6. The zero-order valence-corrected chi connectivity index (χ0v) is 3.29. The van der Waals surface area contributed by atoms with Crippen molar-refractivity contribution in [2.75, 3.05) is 0 Å². The van der Waals surface area contributed by atoms with Crippen LogP contribution in [0.2, 0.25) is 0 Å². The van der Waals surface area contributed by atoms with Gasteiger partial charge in [-0.3, -0.25) is 0 Å². The molecule has 0 aliphatic carbocycles. The van der Waals surface area contributed by atoms with Gasteiger partial charge in [0.1, 0.15) is 0 Å². The van der Waals surface area contributed by atoms with Gasteiger partial charge in [-0.25, -0.2) is 0 Å². The fourth-order valence-corrected chi connectivity index (χ4v) is 0. The van der Waals surface area contributed by atoms with Crippen molar-refractivity contribution in [3.05, 3.63) is 0 Å². The maximum Gasteiger partial charge on any atom is 0.668 e. The molecule has 0 amide bonds. The second kappa shape index (κ2) is 4.74. The summed E-state index contributed by atoms with van der Waals surface area (Å²) in [5.74, 6) is 0. The molecule has 0 radical (unpaired) electrons. The van der Waals surface area contributed by atoms with Crippen LogP contribution in [0.15, 0.2) is 0 Å². The summed E-state index contributed by atoms with van der Waals surface area (Å²) in [6.07, 6.45) is 0. The quantitative estimate of drug-likeness (QED) is 0.269. The summed E-state index contributed by atoms with van der Waals surface area (Å²) in [7, 11) is -4.61. The highest BCUT2D eigenvalue weighted by molar-refractivity contribution is 6.46. The molecule has 0 saturated heterocycles. The number of rotatable bonds is 0. The van der Waals surface area contributed by atoms with Gasteiger partial charge in [0.15, 0.2) is 17.4 Å². The van der Waals surface area contributed by atoms with Gasteiger partial charge in [0.05, 0.1) is 0 Å². The van der Waals surface area contributed by atoms with Crippen LogP contribution < -0.4 is 0 Å². The van der Waals surface area contributed by atoms with Crippen LogP contribution in [0, 0.1) is 0 Å². The molecular formula is CH11AlO4Si. The Morgan fingerprint density at radius 3 is 0.857 bits per heavy atom. The standard InChI is InChI=1S/CH4.Al.H4O4Si.3H/c;;1-5(2,3)4;;;/h1H4;;1-4H;;;. The summed E-state index contributed by atoms with van der Waals surface area (Å²) in [6.45, 7) is 0. The molecule has 4 nitrogen and oxygen atoms in total. The minimum Gasteiger partial charge on any atom is -0.368 e. The van der Waals surface area contributed by atoms with Crippen molar-refractivity contribution in [1.29, 1.82) is 0 Å². The second-order valence-corrected chi connectivity index (χ2v) is 1.80. The third-order valence-electron chi connectivity index (χ3n) is 0. The summed E-state index contributed by atoms with van der Waals surface area (Å²) in [4.78, 5) is 29.3. The highest BCUT2D eigenvalue weighted by Gasteiger charge is 2.22. The molecule has 0 spiro atoms. The topological polar surface area (TPSA) is 80.9 Å². The molecule has 0 unspecified atom stereocenters. The lowest BCUT2D eigenvalue weighted by Crippen LogP contribution is -2.33. The molecule has 4 N–H and O–H groups in total. The van der Waals surface area contributed by atoms with E-state index in [9.17, 15) is 0 Å². The van der Waals surface area contributed by atoms with Crippen molar-refractivity contribution in [1.82, 2.24) is 0 Å². The van der Waals surface area contributed by atoms with Gasteiger partial charge in [-0.2, -0.15) is 0 Å². The van der Waals surface area contributed by atoms with Gasteiger partial charge in [-0.05, 0) is 0 Å². The van der Waals surface area contributed by atoms with E-state index in [0.717, 1.165) is 0 Å². The van der Waals surface area contributed by atoms with E-state index in [0.29, 0.717) is 0 Å². The molecule has 0 aliphatic heterocycles. The molecule has 0 atom stereocenters. The summed E-state index contributed by atoms with van der Waals surface area (Å²) in [5.41, 5.74) is 0. The molecule has 46 valence electrons. The van der Waals surface area contributed by atoms with Crippen molar-refractivity contribution in [3.8, 4) is 0 Å². The van der Waals surface area contributed by atoms with Crippen molar-refractivity contribution in [2.45, 2.75) is 7.43 Å². The average molecular weight is 142 g/mol. The van der Waals surface area contributed by atoms with Gasteiger partial charge in [-0.1, -0.05) is 7.43 Å². The SMILES string of the molecule is C.O[Si](O)(O)O.[AlH3]. The zero-order chi connectivity index (χ0) is 4.50. The minimum atomic E-state index is -4.61. The first-order chi connectivity index (χ1) is 2.00. The average Bonchev–Trinajstić information content (AvgIpc) is 0.722. The number of hydrogen-bond acceptors (Lipinski definition) is 4. The fraction of sp³-hybridized carbons (Fsp3) is 1.00. The van der Waals surface area contributed by atoms with E-state index in [-0.39, 0.29) is 24.8 Å². The normalized spacial score (nSPS) is 8.57. The van der Waals surface area contributed by atoms with Crippen LogP contribution in [0.4, 0.5) is 0 Å². The van der Waals surface area contributed by atoms with E-state index in [1.807, 2.05) is 0 Å². The molecule has 0 aromatic heterocycles. The van der Waals surface area contributed by atoms with Crippen LogP contribution in [-0.4, -0.2) is 45.6 Å². The lowest BCUT2D eigenvalue weighted by molar-refractivity contribution is 0.117. The molecule has 0 heterocycles. The highest BCUT2D eigenvalue weighted by atomic mass is 28.4. The molecule has 0 aliphatic rings. The van der Waals surface area contributed by atoms with Crippen LogP contribution in [-0.2, 0) is 0 Å². The Hall–Kier alpha value is 0.589. The van der Waals surface area contributed by atoms with Gasteiger partial charge in [0.25, 0.3) is 0 Å². The molecular weight excluding hydrogens is 131 g/mol. The van der Waals surface area contributed by atoms with E-state index in [1.54, 1.807) is 0 Å². The predicted molar refractivity (Wildman–Crippen MR) is 31.3 cm³/mol. The third-order valence-corrected chi connectivity index (χ3v) is 0. The Balaban J connectivity index is -0.0000000800. The largest absolute Gasteiger partial charge is 0.668 e. The van der Waals surface area contributed by atoms with Gasteiger partial charge < -0.3 is 19.2 Å². The van der Waals surface area contributed by atoms with Gasteiger partial charge >= 0.3 is 9.05 Å². The third kappa shape index (κ3) is 400. The Labute approximate surface area is 53.7 Å². The van der Waals surface area contributed by atoms with E-state index in [2.05, 4.69) is 0 Å². The summed E-state index contributed by atoms with van der Waals surface area (Å²) in [5, 5.41) is 0. The van der Waals surface area contributed by atoms with E-state index < -0.39 is 9.05 Å². The first-order valence-electron chi connectivity index (χ1n) is 0.894. The molecule has 0 rings (SSSR count). The second-order valence-electron chi connectivity index (χ2n) is 0.600. The van der Waals surface area contributed by atoms with Crippen molar-refractivity contribution in [3.63, 3.8) is 0 Å². The Morgan fingerprint density at radius 1 is 0.857 bits per heavy atom. The van der Waals surface area contributed by atoms with Crippen molar-refractivity contribution in [2.24, 2.45) is 0 Å². The van der Waals surface area contributed by atoms with Crippen LogP contribution in [0.3, 0.4) is 0 Å². The van der Waals surface area contributed by atoms with Crippen LogP contribution in [0.25, 0.3) is 0 Å². The smallest absolute Gasteiger partial charge is 0.368 e. The van der Waals surface area contributed by atoms with Crippen molar-refractivity contribution < 1.29 is 19.2 Å². The Kier molecular flexibility index (Phi) is 10.6. The fourth-order valence-electron chi connectivity index (χ4n) is 0. The van der Waals surface area contributed by atoms with Crippen molar-refractivity contribution >= 4 is 26.4 Å². The predicted octanol–water partition coefficient (Wildman–Crippen LogP) is -3.16. The first-order valence-corrected chi connectivity index (χ1v) is 2.68. The Bertz CT molecular complexity index is 27.2. The molecule has 0 saturated carbocycles. The van der Waals surface area contributed by atoms with Crippen LogP contribution >= 0.6 is 0 Å². The van der Waals surface area contributed by atoms with Gasteiger partial charge in [-0.15, -0.1) is 0 Å². The summed E-state index contributed by atoms with van der Waals surface area (Å²) >= 11 is 0. The minimum absolute atomic E-state index is 0. The van der Waals surface area contributed by atoms with E-state index in [1.165, 1.54) is 0 Å². The van der Waals surface area contributed by atoms with E-state index in [4.69, 9.17) is 19.2 Å². The molecule has 0 fully saturated rings. The molecule has 0 aromatic carbocycles. The molecule has 0 bridgehead atoms. The molecule has 6 heteroatoms. The van der Waals surface area contributed by atoms with Crippen LogP contribution in [0.5, 0.6) is 0 Å². The number of hydrogen-bond donors (Lipinski definition) is 4. The van der Waals surface area contributed by atoms with Gasteiger partial charge in [0.2, 0.25) is 0 Å². The highest BCUT2D eigenvalue weighted by Crippen LogP contribution is 1.67. The molecule has 0 aromatic rings. The maximum absolute atomic E-state index is 7.33. The monoisotopic (exact) mass is 142 g/mol. The summed E-state index contributed by atoms with van der Waals surface area (Å²) < 4.78 is 0. The summed E-state index contributed by atoms with van der Waals surface area (Å²) in [6, 6.07) is 0. The van der Waals surface area contributed by atoms with Crippen LogP contribution in [0.1, 0.15) is 7.43 Å². The van der Waals surface area contributed by atoms with E-state index >= 15 is 0 Å². The Morgan fingerprint density at radius 2 is 0.857 bits per heavy atom. The molecule has 7 heavy (non-hydrogen) atoms. The zero-order valence-electron chi connectivity index (χ0n) is 2.29. The van der Waals surface area contributed by atoms with Gasteiger partial charge in [0, 0.05) is 0 Å².